The Bertz CT molecular complexity index is 1650. The third kappa shape index (κ3) is 6.61. The molecule has 1 unspecified atom stereocenters. The summed E-state index contributed by atoms with van der Waals surface area (Å²) in [5.74, 6) is -1.09. The highest BCUT2D eigenvalue weighted by molar-refractivity contribution is 7.84. The minimum atomic E-state index is -2.74. The van der Waals surface area contributed by atoms with Gasteiger partial charge in [-0.2, -0.15) is 0 Å². The molecule has 7 nitrogen and oxygen atoms in total. The fraction of sp³-hybridized carbons (Fsp3) is 0.276. The second-order valence-electron chi connectivity index (χ2n) is 10.7. The lowest BCUT2D eigenvalue weighted by Gasteiger charge is -2.28. The van der Waals surface area contributed by atoms with E-state index in [0.717, 1.165) is 6.07 Å². The van der Waals surface area contributed by atoms with Crippen molar-refractivity contribution in [2.75, 3.05) is 6.26 Å². The lowest BCUT2D eigenvalue weighted by Crippen LogP contribution is -2.25. The predicted octanol–water partition coefficient (Wildman–Crippen LogP) is 7.14. The Kier molecular flexibility index (Phi) is 9.62. The van der Waals surface area contributed by atoms with Crippen LogP contribution in [0.1, 0.15) is 50.3 Å². The van der Waals surface area contributed by atoms with Crippen LogP contribution >= 0.6 is 31.8 Å². The summed E-state index contributed by atoms with van der Waals surface area (Å²) in [6.45, 7) is 6.33. The summed E-state index contributed by atoms with van der Waals surface area (Å²) in [6, 6.07) is 12.0. The molecule has 1 aromatic heterocycles. The van der Waals surface area contributed by atoms with Crippen molar-refractivity contribution in [2.24, 2.45) is 0 Å². The SMILES string of the molecule is CS(=O)c1cc(-c2ccc(-n3cc(C(C)(C)O)nc3C(C)(C)c3c(Cl)cccc3Cl)c(F)c2)cc(F)c1COP(O)O. The number of rotatable bonds is 9. The molecular formula is C29H29Cl2F2N2O5PS. The van der Waals surface area contributed by atoms with Gasteiger partial charge in [0.1, 0.15) is 23.1 Å². The summed E-state index contributed by atoms with van der Waals surface area (Å²) in [4.78, 5) is 22.9. The quantitative estimate of drug-likeness (QED) is 0.165. The monoisotopic (exact) mass is 656 g/mol. The molecule has 1 atom stereocenters. The Balaban J connectivity index is 1.86. The maximum absolute atomic E-state index is 15.9. The van der Waals surface area contributed by atoms with Crippen molar-refractivity contribution >= 4 is 42.6 Å². The topological polar surface area (TPSA) is 105 Å². The summed E-state index contributed by atoms with van der Waals surface area (Å²) in [5, 5.41) is 11.6. The van der Waals surface area contributed by atoms with Gasteiger partial charge in [-0.15, -0.1) is 0 Å². The molecule has 0 bridgehead atoms. The average molecular weight is 658 g/mol. The normalized spacial score (nSPS) is 13.2. The van der Waals surface area contributed by atoms with Crippen molar-refractivity contribution in [1.29, 1.82) is 0 Å². The number of nitrogens with zero attached hydrogens (tertiary/aromatic N) is 2. The van der Waals surface area contributed by atoms with Gasteiger partial charge in [-0.25, -0.2) is 13.8 Å². The number of hydrogen-bond acceptors (Lipinski definition) is 6. The van der Waals surface area contributed by atoms with Crippen LogP contribution in [0.25, 0.3) is 16.8 Å². The van der Waals surface area contributed by atoms with Crippen LogP contribution in [0.2, 0.25) is 10.0 Å². The van der Waals surface area contributed by atoms with Gasteiger partial charge in [-0.05, 0) is 75.2 Å². The van der Waals surface area contributed by atoms with E-state index >= 15 is 8.78 Å². The molecule has 0 fully saturated rings. The number of benzene rings is 3. The molecule has 3 aromatic carbocycles. The summed E-state index contributed by atoms with van der Waals surface area (Å²) in [7, 11) is -4.40. The zero-order valence-corrected chi connectivity index (χ0v) is 26.5. The number of aromatic nitrogens is 2. The number of halogens is 4. The fourth-order valence-electron chi connectivity index (χ4n) is 4.68. The molecule has 4 rings (SSSR count). The van der Waals surface area contributed by atoms with E-state index in [2.05, 4.69) is 0 Å². The molecule has 13 heteroatoms. The second kappa shape index (κ2) is 12.4. The van der Waals surface area contributed by atoms with E-state index in [-0.39, 0.29) is 21.7 Å². The van der Waals surface area contributed by atoms with Crippen molar-refractivity contribution in [3.63, 3.8) is 0 Å². The van der Waals surface area contributed by atoms with Gasteiger partial charge in [0.2, 0.25) is 0 Å². The van der Waals surface area contributed by atoms with E-state index in [1.165, 1.54) is 29.0 Å². The molecule has 0 aliphatic heterocycles. The van der Waals surface area contributed by atoms with Crippen LogP contribution in [0.5, 0.6) is 0 Å². The van der Waals surface area contributed by atoms with Gasteiger partial charge in [0.15, 0.2) is 0 Å². The third-order valence-electron chi connectivity index (χ3n) is 6.81. The lowest BCUT2D eigenvalue weighted by molar-refractivity contribution is 0.0740. The minimum absolute atomic E-state index is 0.0800. The maximum atomic E-state index is 15.9. The molecule has 42 heavy (non-hydrogen) atoms. The third-order valence-corrected chi connectivity index (χ3v) is 8.78. The molecule has 4 aromatic rings. The largest absolute Gasteiger partial charge is 0.384 e. The first-order chi connectivity index (χ1) is 19.5. The Hall–Kier alpha value is -2.27. The number of imidazole rings is 1. The van der Waals surface area contributed by atoms with Crippen LogP contribution in [0.4, 0.5) is 8.78 Å². The van der Waals surface area contributed by atoms with Gasteiger partial charge in [0.05, 0.1) is 34.2 Å². The van der Waals surface area contributed by atoms with Gasteiger partial charge < -0.3 is 19.4 Å². The second-order valence-corrected chi connectivity index (χ2v) is 13.6. The van der Waals surface area contributed by atoms with Crippen LogP contribution in [0, 0.1) is 11.6 Å². The lowest BCUT2D eigenvalue weighted by atomic mass is 9.83. The van der Waals surface area contributed by atoms with Crippen molar-refractivity contribution < 1.29 is 32.4 Å². The molecule has 3 N–H and O–H groups in total. The number of hydrogen-bond donors (Lipinski definition) is 3. The van der Waals surface area contributed by atoms with Crippen molar-refractivity contribution in [3.8, 4) is 16.8 Å². The maximum Gasteiger partial charge on any atom is 0.327 e. The average Bonchev–Trinajstić information content (AvgIpc) is 3.34. The summed E-state index contributed by atoms with van der Waals surface area (Å²) < 4.78 is 49.6. The summed E-state index contributed by atoms with van der Waals surface area (Å²) in [6.07, 6.45) is 2.89. The Morgan fingerprint density at radius 3 is 2.17 bits per heavy atom. The van der Waals surface area contributed by atoms with Crippen LogP contribution in [-0.2, 0) is 32.9 Å². The summed E-state index contributed by atoms with van der Waals surface area (Å²) >= 11 is 13.1. The molecule has 0 aliphatic rings. The standard InChI is InChI=1S/C29H29Cl2F2N2O5PS/c1-28(2,26-19(30)7-6-8-20(26)31)27-34-25(29(3,4)36)14-35(27)23-10-9-16(11-22(23)33)17-12-21(32)18(15-40-41(37)38)24(13-17)42(5)39/h6-14,36-38H,15H2,1-5H3. The van der Waals surface area contributed by atoms with Gasteiger partial charge >= 0.3 is 8.60 Å². The Labute approximate surface area is 256 Å². The molecule has 0 aliphatic carbocycles. The van der Waals surface area contributed by atoms with Crippen molar-refractivity contribution in [1.82, 2.24) is 9.55 Å². The first kappa shape index (κ1) is 32.6. The minimum Gasteiger partial charge on any atom is -0.384 e. The first-order valence-corrected chi connectivity index (χ1v) is 16.0. The highest BCUT2D eigenvalue weighted by Crippen LogP contribution is 2.42. The van der Waals surface area contributed by atoms with Gasteiger partial charge in [-0.1, -0.05) is 35.3 Å². The highest BCUT2D eigenvalue weighted by Gasteiger charge is 2.36. The van der Waals surface area contributed by atoms with Gasteiger partial charge in [0.25, 0.3) is 0 Å². The molecular weight excluding hydrogens is 628 g/mol. The first-order valence-electron chi connectivity index (χ1n) is 12.6. The van der Waals surface area contributed by atoms with Crippen molar-refractivity contribution in [3.05, 3.63) is 99.1 Å². The number of aliphatic hydroxyl groups is 1. The Morgan fingerprint density at radius 2 is 1.62 bits per heavy atom. The Morgan fingerprint density at radius 1 is 1.00 bits per heavy atom. The smallest absolute Gasteiger partial charge is 0.327 e. The summed E-state index contributed by atoms with van der Waals surface area (Å²) in [5.41, 5.74) is -0.830. The molecule has 224 valence electrons. The van der Waals surface area contributed by atoms with E-state index < -0.39 is 48.7 Å². The van der Waals surface area contributed by atoms with E-state index in [4.69, 9.17) is 42.5 Å². The highest BCUT2D eigenvalue weighted by atomic mass is 35.5. The van der Waals surface area contributed by atoms with E-state index in [1.807, 2.05) is 13.8 Å². The molecule has 1 heterocycles. The van der Waals surface area contributed by atoms with Crippen LogP contribution in [-0.4, -0.2) is 34.9 Å². The van der Waals surface area contributed by atoms with E-state index in [0.29, 0.717) is 32.7 Å². The predicted molar refractivity (Wildman–Crippen MR) is 161 cm³/mol. The van der Waals surface area contributed by atoms with Crippen LogP contribution in [0.15, 0.2) is 59.6 Å². The fourth-order valence-corrected chi connectivity index (χ4v) is 6.60. The van der Waals surface area contributed by atoms with Crippen molar-refractivity contribution in [2.45, 2.75) is 50.2 Å². The van der Waals surface area contributed by atoms with Crippen LogP contribution in [0.3, 0.4) is 0 Å². The van der Waals surface area contributed by atoms with Crippen LogP contribution < -0.4 is 0 Å². The molecule has 0 amide bonds. The zero-order valence-electron chi connectivity index (χ0n) is 23.3. The molecule has 0 spiro atoms. The van der Waals surface area contributed by atoms with E-state index in [9.17, 15) is 9.32 Å². The van der Waals surface area contributed by atoms with Gasteiger partial charge in [-0.3, -0.25) is 8.78 Å². The van der Waals surface area contributed by atoms with E-state index in [1.54, 1.807) is 44.3 Å². The van der Waals surface area contributed by atoms with Gasteiger partial charge in [0, 0.05) is 38.5 Å². The molecule has 0 saturated carbocycles. The zero-order chi connectivity index (χ0) is 31.1. The molecule has 0 saturated heterocycles. The molecule has 0 radical (unpaired) electrons.